The standard InChI is InChI=1S/C17H20F3N3O3/c1-16(2)12(13(16)15(25)26)14(24)23-7-5-22(6-8-23)11-4-3-10(9-21-11)17(18,19)20/h3-4,9,12-13H,5-8H2,1-2H3,(H,25,26)/t12-,13+/m0/s1. The molecule has 0 unspecified atom stereocenters. The van der Waals surface area contributed by atoms with E-state index in [0.29, 0.717) is 32.0 Å². The SMILES string of the molecule is CC1(C)[C@H](C(=O)N2CCN(c3ccc(C(F)(F)F)cn3)CC2)[C@@H]1C(=O)O. The average molecular weight is 371 g/mol. The van der Waals surface area contributed by atoms with E-state index in [2.05, 4.69) is 4.98 Å². The van der Waals surface area contributed by atoms with Gasteiger partial charge in [0.05, 0.1) is 17.4 Å². The molecule has 9 heteroatoms. The quantitative estimate of drug-likeness (QED) is 0.881. The molecule has 1 aliphatic carbocycles. The molecule has 26 heavy (non-hydrogen) atoms. The number of piperazine rings is 1. The minimum atomic E-state index is -4.42. The van der Waals surface area contributed by atoms with E-state index in [1.54, 1.807) is 18.7 Å². The van der Waals surface area contributed by atoms with Crippen LogP contribution >= 0.6 is 0 Å². The van der Waals surface area contributed by atoms with Crippen molar-refractivity contribution in [3.05, 3.63) is 23.9 Å². The molecule has 2 fully saturated rings. The van der Waals surface area contributed by atoms with E-state index in [1.165, 1.54) is 6.07 Å². The number of carboxylic acid groups (broad SMARTS) is 1. The molecule has 1 aromatic heterocycles. The number of carbonyl (C=O) groups excluding carboxylic acids is 1. The van der Waals surface area contributed by atoms with E-state index in [1.807, 2.05) is 4.90 Å². The predicted octanol–water partition coefficient (Wildman–Crippen LogP) is 2.11. The number of aliphatic carboxylic acids is 1. The zero-order valence-electron chi connectivity index (χ0n) is 14.5. The van der Waals surface area contributed by atoms with Gasteiger partial charge in [-0.1, -0.05) is 13.8 Å². The third-order valence-corrected chi connectivity index (χ3v) is 5.35. The van der Waals surface area contributed by atoms with Gasteiger partial charge in [-0.25, -0.2) is 4.98 Å². The molecule has 2 atom stereocenters. The second-order valence-electron chi connectivity index (χ2n) is 7.33. The Morgan fingerprint density at radius 1 is 1.15 bits per heavy atom. The van der Waals surface area contributed by atoms with Gasteiger partial charge in [-0.15, -0.1) is 0 Å². The van der Waals surface area contributed by atoms with Crippen molar-refractivity contribution in [1.29, 1.82) is 0 Å². The summed E-state index contributed by atoms with van der Waals surface area (Å²) in [5.41, 5.74) is -1.35. The number of halogens is 3. The highest BCUT2D eigenvalue weighted by Gasteiger charge is 2.66. The fraction of sp³-hybridized carbons (Fsp3) is 0.588. The van der Waals surface area contributed by atoms with Crippen molar-refractivity contribution < 1.29 is 27.9 Å². The van der Waals surface area contributed by atoms with Gasteiger partial charge >= 0.3 is 12.1 Å². The summed E-state index contributed by atoms with van der Waals surface area (Å²) in [6, 6.07) is 2.31. The highest BCUT2D eigenvalue weighted by molar-refractivity contribution is 5.91. The second kappa shape index (κ2) is 6.14. The first-order valence-corrected chi connectivity index (χ1v) is 8.33. The largest absolute Gasteiger partial charge is 0.481 e. The third-order valence-electron chi connectivity index (χ3n) is 5.35. The van der Waals surface area contributed by atoms with Crippen LogP contribution in [-0.4, -0.2) is 53.0 Å². The Bertz CT molecular complexity index is 710. The van der Waals surface area contributed by atoms with Crippen LogP contribution in [0.15, 0.2) is 18.3 Å². The first-order chi connectivity index (χ1) is 12.0. The van der Waals surface area contributed by atoms with Gasteiger partial charge in [-0.2, -0.15) is 13.2 Å². The Balaban J connectivity index is 1.60. The van der Waals surface area contributed by atoms with E-state index in [9.17, 15) is 27.9 Å². The molecule has 0 radical (unpaired) electrons. The second-order valence-corrected chi connectivity index (χ2v) is 7.33. The molecule has 2 aliphatic rings. The number of carboxylic acids is 1. The van der Waals surface area contributed by atoms with Crippen molar-refractivity contribution in [1.82, 2.24) is 9.88 Å². The lowest BCUT2D eigenvalue weighted by molar-refractivity contribution is -0.142. The highest BCUT2D eigenvalue weighted by atomic mass is 19.4. The van der Waals surface area contributed by atoms with Crippen molar-refractivity contribution in [3.8, 4) is 0 Å². The number of carbonyl (C=O) groups is 2. The van der Waals surface area contributed by atoms with Crippen molar-refractivity contribution in [2.45, 2.75) is 20.0 Å². The number of hydrogen-bond donors (Lipinski definition) is 1. The van der Waals surface area contributed by atoms with Crippen LogP contribution in [0, 0.1) is 17.3 Å². The zero-order valence-corrected chi connectivity index (χ0v) is 14.5. The lowest BCUT2D eigenvalue weighted by atomic mass is 10.1. The van der Waals surface area contributed by atoms with Crippen LogP contribution in [0.25, 0.3) is 0 Å². The molecule has 0 aromatic carbocycles. The first-order valence-electron chi connectivity index (χ1n) is 8.33. The van der Waals surface area contributed by atoms with E-state index >= 15 is 0 Å². The van der Waals surface area contributed by atoms with Gasteiger partial charge in [0, 0.05) is 32.4 Å². The van der Waals surface area contributed by atoms with E-state index in [-0.39, 0.29) is 5.91 Å². The minimum Gasteiger partial charge on any atom is -0.481 e. The Labute approximate surface area is 148 Å². The molecule has 2 heterocycles. The monoisotopic (exact) mass is 371 g/mol. The number of nitrogens with zero attached hydrogens (tertiary/aromatic N) is 3. The van der Waals surface area contributed by atoms with E-state index in [4.69, 9.17) is 0 Å². The molecule has 3 rings (SSSR count). The molecule has 6 nitrogen and oxygen atoms in total. The zero-order chi connectivity index (χ0) is 19.3. The van der Waals surface area contributed by atoms with Crippen molar-refractivity contribution >= 4 is 17.7 Å². The molecule has 1 saturated carbocycles. The number of rotatable bonds is 3. The van der Waals surface area contributed by atoms with Gasteiger partial charge in [-0.3, -0.25) is 9.59 Å². The van der Waals surface area contributed by atoms with E-state index < -0.39 is 35.0 Å². The molecule has 1 aromatic rings. The lowest BCUT2D eigenvalue weighted by Gasteiger charge is -2.35. The summed E-state index contributed by atoms with van der Waals surface area (Å²) in [6.45, 7) is 5.21. The summed E-state index contributed by atoms with van der Waals surface area (Å²) >= 11 is 0. The highest BCUT2D eigenvalue weighted by Crippen LogP contribution is 2.59. The number of anilines is 1. The maximum atomic E-state index is 12.6. The molecular weight excluding hydrogens is 351 g/mol. The van der Waals surface area contributed by atoms with Crippen molar-refractivity contribution in [2.24, 2.45) is 17.3 Å². The number of alkyl halides is 3. The molecular formula is C17H20F3N3O3. The summed E-state index contributed by atoms with van der Waals surface area (Å²) < 4.78 is 37.8. The maximum Gasteiger partial charge on any atom is 0.417 e. The molecule has 1 amide bonds. The molecule has 0 bridgehead atoms. The minimum absolute atomic E-state index is 0.164. The normalized spacial score (nSPS) is 25.1. The summed E-state index contributed by atoms with van der Waals surface area (Å²) in [7, 11) is 0. The first kappa shape index (κ1) is 18.5. The van der Waals surface area contributed by atoms with Gasteiger partial charge in [-0.05, 0) is 17.5 Å². The predicted molar refractivity (Wildman–Crippen MR) is 86.4 cm³/mol. The molecule has 1 aliphatic heterocycles. The van der Waals surface area contributed by atoms with Gasteiger partial charge in [0.15, 0.2) is 0 Å². The molecule has 1 saturated heterocycles. The van der Waals surface area contributed by atoms with Crippen LogP contribution in [0.3, 0.4) is 0 Å². The van der Waals surface area contributed by atoms with Gasteiger partial charge < -0.3 is 14.9 Å². The number of amides is 1. The van der Waals surface area contributed by atoms with Crippen LogP contribution in [0.2, 0.25) is 0 Å². The van der Waals surface area contributed by atoms with Crippen LogP contribution in [0.5, 0.6) is 0 Å². The van der Waals surface area contributed by atoms with Crippen molar-refractivity contribution in [2.75, 3.05) is 31.1 Å². The van der Waals surface area contributed by atoms with Gasteiger partial charge in [0.1, 0.15) is 5.82 Å². The topological polar surface area (TPSA) is 73.7 Å². The Hall–Kier alpha value is -2.32. The molecule has 1 N–H and O–H groups in total. The maximum absolute atomic E-state index is 12.6. The Morgan fingerprint density at radius 3 is 2.19 bits per heavy atom. The van der Waals surface area contributed by atoms with Crippen LogP contribution in [-0.2, 0) is 15.8 Å². The Kier molecular flexibility index (Phi) is 4.36. The fourth-order valence-corrected chi connectivity index (χ4v) is 3.65. The number of pyridine rings is 1. The molecule has 142 valence electrons. The lowest BCUT2D eigenvalue weighted by Crippen LogP contribution is -2.50. The van der Waals surface area contributed by atoms with Crippen LogP contribution < -0.4 is 4.90 Å². The Morgan fingerprint density at radius 2 is 1.77 bits per heavy atom. The van der Waals surface area contributed by atoms with Gasteiger partial charge in [0.25, 0.3) is 0 Å². The summed E-state index contributed by atoms with van der Waals surface area (Å²) in [6.07, 6.45) is -3.62. The number of aromatic nitrogens is 1. The van der Waals surface area contributed by atoms with Crippen molar-refractivity contribution in [3.63, 3.8) is 0 Å². The van der Waals surface area contributed by atoms with E-state index in [0.717, 1.165) is 12.3 Å². The van der Waals surface area contributed by atoms with Crippen LogP contribution in [0.4, 0.5) is 19.0 Å². The van der Waals surface area contributed by atoms with Gasteiger partial charge in [0.2, 0.25) is 5.91 Å². The average Bonchev–Trinajstić information content (AvgIpc) is 3.16. The fourth-order valence-electron chi connectivity index (χ4n) is 3.65. The third kappa shape index (κ3) is 3.22. The summed E-state index contributed by atoms with van der Waals surface area (Å²) in [5.74, 6) is -1.87. The summed E-state index contributed by atoms with van der Waals surface area (Å²) in [5, 5.41) is 9.21. The molecule has 0 spiro atoms. The van der Waals surface area contributed by atoms with Crippen LogP contribution in [0.1, 0.15) is 19.4 Å². The summed E-state index contributed by atoms with van der Waals surface area (Å²) in [4.78, 5) is 31.2. The number of hydrogen-bond acceptors (Lipinski definition) is 4. The smallest absolute Gasteiger partial charge is 0.417 e.